The van der Waals surface area contributed by atoms with E-state index in [4.69, 9.17) is 9.84 Å². The van der Waals surface area contributed by atoms with E-state index in [9.17, 15) is 17.6 Å². The van der Waals surface area contributed by atoms with Gasteiger partial charge in [0.1, 0.15) is 0 Å². The molecule has 0 spiro atoms. The Morgan fingerprint density at radius 3 is 2.50 bits per heavy atom. The number of alkyl halides is 3. The fourth-order valence-corrected chi connectivity index (χ4v) is 1.61. The lowest BCUT2D eigenvalue weighted by Gasteiger charge is -2.10. The quantitative estimate of drug-likeness (QED) is 0.830. The molecule has 0 atom stereocenters. The van der Waals surface area contributed by atoms with Crippen molar-refractivity contribution in [3.8, 4) is 11.6 Å². The van der Waals surface area contributed by atoms with Crippen LogP contribution in [0.15, 0.2) is 36.5 Å². The molecule has 1 heterocycles. The molecule has 0 aliphatic rings. The first-order valence-corrected chi connectivity index (χ1v) is 6.25. The van der Waals surface area contributed by atoms with Gasteiger partial charge in [0, 0.05) is 30.6 Å². The van der Waals surface area contributed by atoms with Gasteiger partial charge in [-0.15, -0.1) is 0 Å². The van der Waals surface area contributed by atoms with Gasteiger partial charge >= 0.3 is 6.18 Å². The number of halogens is 4. The van der Waals surface area contributed by atoms with E-state index < -0.39 is 17.6 Å². The molecule has 0 radical (unpaired) electrons. The maximum absolute atomic E-state index is 13.8. The van der Waals surface area contributed by atoms with Crippen LogP contribution in [0.4, 0.5) is 23.2 Å². The first kappa shape index (κ1) is 16.0. The van der Waals surface area contributed by atoms with Crippen molar-refractivity contribution < 1.29 is 27.4 Å². The number of nitrogens with one attached hydrogen (secondary N) is 1. The van der Waals surface area contributed by atoms with Crippen LogP contribution in [0.5, 0.6) is 11.6 Å². The molecule has 0 amide bonds. The summed E-state index contributed by atoms with van der Waals surface area (Å²) in [7, 11) is 0. The topological polar surface area (TPSA) is 54.4 Å². The zero-order valence-electron chi connectivity index (χ0n) is 11.2. The summed E-state index contributed by atoms with van der Waals surface area (Å²) < 4.78 is 56.1. The van der Waals surface area contributed by atoms with Crippen LogP contribution in [-0.2, 0) is 6.18 Å². The predicted octanol–water partition coefficient (Wildman–Crippen LogP) is 3.44. The molecule has 0 fully saturated rings. The van der Waals surface area contributed by atoms with Crippen molar-refractivity contribution in [1.29, 1.82) is 0 Å². The van der Waals surface area contributed by atoms with Crippen molar-refractivity contribution in [2.45, 2.75) is 6.18 Å². The molecule has 0 aliphatic carbocycles. The number of benzene rings is 1. The van der Waals surface area contributed by atoms with Crippen LogP contribution < -0.4 is 10.1 Å². The first-order chi connectivity index (χ1) is 10.4. The molecule has 118 valence electrons. The minimum atomic E-state index is -4.49. The van der Waals surface area contributed by atoms with Crippen molar-refractivity contribution in [2.75, 3.05) is 18.5 Å². The third kappa shape index (κ3) is 4.08. The number of ether oxygens (including phenoxy) is 1. The third-order valence-corrected chi connectivity index (χ3v) is 2.65. The van der Waals surface area contributed by atoms with Crippen LogP contribution in [0.2, 0.25) is 0 Å². The largest absolute Gasteiger partial charge is 0.436 e. The van der Waals surface area contributed by atoms with Crippen LogP contribution >= 0.6 is 0 Å². The molecule has 2 N–H and O–H groups in total. The Kier molecular flexibility index (Phi) is 4.81. The molecule has 2 aromatic rings. The summed E-state index contributed by atoms with van der Waals surface area (Å²) in [5.74, 6) is -1.02. The van der Waals surface area contributed by atoms with Gasteiger partial charge in [-0.1, -0.05) is 0 Å². The molecule has 1 aromatic heterocycles. The Labute approximate surface area is 123 Å². The number of hydrogen-bond acceptors (Lipinski definition) is 4. The zero-order chi connectivity index (χ0) is 16.2. The van der Waals surface area contributed by atoms with Crippen LogP contribution in [0.25, 0.3) is 0 Å². The number of hydrogen-bond donors (Lipinski definition) is 2. The van der Waals surface area contributed by atoms with E-state index in [1.54, 1.807) is 0 Å². The van der Waals surface area contributed by atoms with Gasteiger partial charge in [-0.25, -0.2) is 9.37 Å². The van der Waals surface area contributed by atoms with E-state index in [0.717, 1.165) is 18.2 Å². The summed E-state index contributed by atoms with van der Waals surface area (Å²) in [6, 6.07) is 5.79. The van der Waals surface area contributed by atoms with E-state index in [2.05, 4.69) is 10.3 Å². The number of rotatable bonds is 5. The van der Waals surface area contributed by atoms with Crippen molar-refractivity contribution >= 4 is 5.69 Å². The van der Waals surface area contributed by atoms with Gasteiger partial charge in [0.15, 0.2) is 11.6 Å². The Morgan fingerprint density at radius 2 is 1.95 bits per heavy atom. The maximum atomic E-state index is 13.8. The summed E-state index contributed by atoms with van der Waals surface area (Å²) in [5, 5.41) is 11.4. The highest BCUT2D eigenvalue weighted by atomic mass is 19.4. The van der Waals surface area contributed by atoms with Crippen molar-refractivity contribution in [3.05, 3.63) is 47.9 Å². The number of pyridine rings is 1. The lowest BCUT2D eigenvalue weighted by atomic mass is 10.2. The molecular weight excluding hydrogens is 304 g/mol. The monoisotopic (exact) mass is 316 g/mol. The standard InChI is InChI=1S/C14H12F4N2O2/c15-11-7-10(19-5-6-21)2-3-12(11)22-13-4-1-9(8-20-13)14(16,17)18/h1-4,7-8,19,21H,5-6H2. The highest BCUT2D eigenvalue weighted by molar-refractivity contribution is 5.47. The molecule has 8 heteroatoms. The summed E-state index contributed by atoms with van der Waals surface area (Å²) in [6.45, 7) is 0.162. The lowest BCUT2D eigenvalue weighted by Crippen LogP contribution is -2.06. The molecule has 22 heavy (non-hydrogen) atoms. The highest BCUT2D eigenvalue weighted by Gasteiger charge is 2.30. The maximum Gasteiger partial charge on any atom is 0.417 e. The average Bonchev–Trinajstić information content (AvgIpc) is 2.47. The van der Waals surface area contributed by atoms with Crippen molar-refractivity contribution in [3.63, 3.8) is 0 Å². The van der Waals surface area contributed by atoms with Crippen LogP contribution in [0.3, 0.4) is 0 Å². The number of aromatic nitrogens is 1. The van der Waals surface area contributed by atoms with E-state index in [-0.39, 0.29) is 24.8 Å². The van der Waals surface area contributed by atoms with Gasteiger partial charge in [-0.05, 0) is 18.2 Å². The number of aliphatic hydroxyl groups is 1. The Bertz CT molecular complexity index is 630. The second-order valence-corrected chi connectivity index (χ2v) is 4.28. The molecule has 1 aromatic carbocycles. The van der Waals surface area contributed by atoms with Crippen LogP contribution in [-0.4, -0.2) is 23.2 Å². The predicted molar refractivity (Wildman–Crippen MR) is 71.3 cm³/mol. The minimum Gasteiger partial charge on any atom is -0.436 e. The Morgan fingerprint density at radius 1 is 1.18 bits per heavy atom. The highest BCUT2D eigenvalue weighted by Crippen LogP contribution is 2.30. The van der Waals surface area contributed by atoms with Crippen LogP contribution in [0.1, 0.15) is 5.56 Å². The number of anilines is 1. The van der Waals surface area contributed by atoms with Crippen molar-refractivity contribution in [2.24, 2.45) is 0 Å². The van der Waals surface area contributed by atoms with Gasteiger partial charge in [0.2, 0.25) is 5.88 Å². The lowest BCUT2D eigenvalue weighted by molar-refractivity contribution is -0.137. The molecular formula is C14H12F4N2O2. The van der Waals surface area contributed by atoms with Gasteiger partial charge in [0.25, 0.3) is 0 Å². The molecule has 4 nitrogen and oxygen atoms in total. The summed E-state index contributed by atoms with van der Waals surface area (Å²) in [4.78, 5) is 3.50. The van der Waals surface area contributed by atoms with E-state index in [0.29, 0.717) is 11.9 Å². The van der Waals surface area contributed by atoms with E-state index >= 15 is 0 Å². The molecule has 0 unspecified atom stereocenters. The summed E-state index contributed by atoms with van der Waals surface area (Å²) >= 11 is 0. The zero-order valence-corrected chi connectivity index (χ0v) is 11.2. The molecule has 0 saturated carbocycles. The van der Waals surface area contributed by atoms with Gasteiger partial charge in [-0.2, -0.15) is 13.2 Å². The van der Waals surface area contributed by atoms with E-state index in [1.807, 2.05) is 0 Å². The van der Waals surface area contributed by atoms with Gasteiger partial charge < -0.3 is 15.2 Å². The summed E-state index contributed by atoms with van der Waals surface area (Å²) in [5.41, 5.74) is -0.469. The Hall–Kier alpha value is -2.35. The van der Waals surface area contributed by atoms with E-state index in [1.165, 1.54) is 12.1 Å². The third-order valence-electron chi connectivity index (χ3n) is 2.65. The number of aliphatic hydroxyl groups excluding tert-OH is 1. The molecule has 0 aliphatic heterocycles. The first-order valence-electron chi connectivity index (χ1n) is 6.25. The minimum absolute atomic E-state index is 0.102. The fraction of sp³-hybridized carbons (Fsp3) is 0.214. The number of nitrogens with zero attached hydrogens (tertiary/aromatic N) is 1. The SMILES string of the molecule is OCCNc1ccc(Oc2ccc(C(F)(F)F)cn2)c(F)c1. The van der Waals surface area contributed by atoms with Crippen molar-refractivity contribution in [1.82, 2.24) is 4.98 Å². The average molecular weight is 316 g/mol. The van der Waals surface area contributed by atoms with Gasteiger partial charge in [-0.3, -0.25) is 0 Å². The normalized spacial score (nSPS) is 11.3. The van der Waals surface area contributed by atoms with Gasteiger partial charge in [0.05, 0.1) is 12.2 Å². The summed E-state index contributed by atoms with van der Waals surface area (Å²) in [6.07, 6.45) is -3.87. The second-order valence-electron chi connectivity index (χ2n) is 4.28. The smallest absolute Gasteiger partial charge is 0.417 e. The van der Waals surface area contributed by atoms with Crippen LogP contribution in [0, 0.1) is 5.82 Å². The Balaban J connectivity index is 2.10. The molecule has 0 saturated heterocycles. The molecule has 0 bridgehead atoms. The molecule has 2 rings (SSSR count). The second kappa shape index (κ2) is 6.61. The fourth-order valence-electron chi connectivity index (χ4n) is 1.61.